The van der Waals surface area contributed by atoms with E-state index in [9.17, 15) is 15.2 Å². The molecule has 9 heteroatoms. The SMILES string of the molecule is N=NC(c1ccc(Cl)nn1)c1cc([N+](=O)[O-])ccc1O. The molecule has 8 nitrogen and oxygen atoms in total. The molecule has 0 fully saturated rings. The van der Waals surface area contributed by atoms with Gasteiger partial charge in [-0.15, -0.1) is 5.10 Å². The van der Waals surface area contributed by atoms with Gasteiger partial charge < -0.3 is 5.11 Å². The van der Waals surface area contributed by atoms with Crippen LogP contribution in [0.2, 0.25) is 5.15 Å². The number of benzene rings is 1. The van der Waals surface area contributed by atoms with Gasteiger partial charge in [-0.2, -0.15) is 10.2 Å². The monoisotopic (exact) mass is 293 g/mol. The molecule has 102 valence electrons. The Bertz CT molecular complexity index is 662. The number of nitrogens with one attached hydrogen (secondary N) is 1. The van der Waals surface area contributed by atoms with Gasteiger partial charge in [-0.05, 0) is 18.2 Å². The summed E-state index contributed by atoms with van der Waals surface area (Å²) in [5.74, 6) is -0.214. The Morgan fingerprint density at radius 1 is 1.35 bits per heavy atom. The zero-order chi connectivity index (χ0) is 14.7. The number of hydrogen-bond donors (Lipinski definition) is 2. The summed E-state index contributed by atoms with van der Waals surface area (Å²) in [5, 5.41) is 31.4. The number of nitro groups is 1. The molecule has 0 aliphatic carbocycles. The number of hydrogen-bond acceptors (Lipinski definition) is 7. The summed E-state index contributed by atoms with van der Waals surface area (Å²) < 4.78 is 0. The highest BCUT2D eigenvalue weighted by molar-refractivity contribution is 6.29. The number of nitro benzene ring substituents is 1. The number of rotatable bonds is 4. The normalized spacial score (nSPS) is 11.8. The third-order valence-electron chi connectivity index (χ3n) is 2.58. The first-order valence-corrected chi connectivity index (χ1v) is 5.73. The van der Waals surface area contributed by atoms with Crippen molar-refractivity contribution in [3.05, 3.63) is 56.9 Å². The number of aromatic nitrogens is 2. The number of halogens is 1. The molecule has 1 unspecified atom stereocenters. The second-order valence-electron chi connectivity index (χ2n) is 3.81. The fourth-order valence-corrected chi connectivity index (χ4v) is 1.74. The summed E-state index contributed by atoms with van der Waals surface area (Å²) in [6.45, 7) is 0. The topological polar surface area (TPSA) is 125 Å². The fourth-order valence-electron chi connectivity index (χ4n) is 1.64. The van der Waals surface area contributed by atoms with Gasteiger partial charge in [-0.1, -0.05) is 11.6 Å². The zero-order valence-electron chi connectivity index (χ0n) is 9.89. The number of phenols is 1. The van der Waals surface area contributed by atoms with Gasteiger partial charge in [0.1, 0.15) is 11.8 Å². The molecule has 0 aliphatic heterocycles. The third kappa shape index (κ3) is 2.69. The van der Waals surface area contributed by atoms with Crippen LogP contribution < -0.4 is 0 Å². The summed E-state index contributed by atoms with van der Waals surface area (Å²) in [4.78, 5) is 10.2. The van der Waals surface area contributed by atoms with Gasteiger partial charge in [0.2, 0.25) is 0 Å². The van der Waals surface area contributed by atoms with Crippen molar-refractivity contribution in [3.63, 3.8) is 0 Å². The van der Waals surface area contributed by atoms with E-state index in [1.165, 1.54) is 18.2 Å². The van der Waals surface area contributed by atoms with E-state index in [-0.39, 0.29) is 27.8 Å². The van der Waals surface area contributed by atoms with Crippen molar-refractivity contribution in [2.45, 2.75) is 6.04 Å². The van der Waals surface area contributed by atoms with Crippen molar-refractivity contribution >= 4 is 17.3 Å². The van der Waals surface area contributed by atoms with E-state index in [0.29, 0.717) is 0 Å². The minimum atomic E-state index is -0.986. The van der Waals surface area contributed by atoms with Gasteiger partial charge >= 0.3 is 0 Å². The molecule has 1 aromatic carbocycles. The lowest BCUT2D eigenvalue weighted by atomic mass is 10.0. The summed E-state index contributed by atoms with van der Waals surface area (Å²) in [5.41, 5.74) is 7.34. The maximum Gasteiger partial charge on any atom is 0.270 e. The van der Waals surface area contributed by atoms with E-state index in [4.69, 9.17) is 17.1 Å². The molecule has 1 atom stereocenters. The zero-order valence-corrected chi connectivity index (χ0v) is 10.7. The van der Waals surface area contributed by atoms with Crippen molar-refractivity contribution < 1.29 is 10.0 Å². The molecular formula is C11H8ClN5O3. The lowest BCUT2D eigenvalue weighted by molar-refractivity contribution is -0.384. The molecule has 0 spiro atoms. The Hall–Kier alpha value is -2.61. The van der Waals surface area contributed by atoms with Crippen LogP contribution in [0.15, 0.2) is 35.4 Å². The molecule has 2 N–H and O–H groups in total. The van der Waals surface area contributed by atoms with Crippen LogP contribution in [0.3, 0.4) is 0 Å². The smallest absolute Gasteiger partial charge is 0.270 e. The molecule has 0 bridgehead atoms. The Morgan fingerprint density at radius 2 is 2.10 bits per heavy atom. The van der Waals surface area contributed by atoms with E-state index >= 15 is 0 Å². The van der Waals surface area contributed by atoms with Crippen molar-refractivity contribution in [2.75, 3.05) is 0 Å². The quantitative estimate of drug-likeness (QED) is 0.509. The van der Waals surface area contributed by atoms with Crippen LogP contribution in [-0.2, 0) is 0 Å². The summed E-state index contributed by atoms with van der Waals surface area (Å²) in [6.07, 6.45) is 0. The lowest BCUT2D eigenvalue weighted by Gasteiger charge is -2.11. The second-order valence-corrected chi connectivity index (χ2v) is 4.20. The molecule has 0 saturated heterocycles. The van der Waals surface area contributed by atoms with Crippen LogP contribution in [-0.4, -0.2) is 20.2 Å². The van der Waals surface area contributed by atoms with Crippen molar-refractivity contribution in [1.29, 1.82) is 5.53 Å². The van der Waals surface area contributed by atoms with Crippen molar-refractivity contribution in [3.8, 4) is 5.75 Å². The van der Waals surface area contributed by atoms with E-state index in [1.807, 2.05) is 0 Å². The Morgan fingerprint density at radius 3 is 2.65 bits per heavy atom. The average molecular weight is 294 g/mol. The Labute approximate surface area is 117 Å². The first-order valence-electron chi connectivity index (χ1n) is 5.36. The minimum absolute atomic E-state index is 0.103. The predicted octanol–water partition coefficient (Wildman–Crippen LogP) is 2.86. The number of nitrogens with zero attached hydrogens (tertiary/aromatic N) is 4. The number of phenolic OH excluding ortho intramolecular Hbond substituents is 1. The average Bonchev–Trinajstić information content (AvgIpc) is 2.43. The molecule has 0 radical (unpaired) electrons. The Kier molecular flexibility index (Phi) is 3.85. The van der Waals surface area contributed by atoms with Crippen molar-refractivity contribution in [2.24, 2.45) is 5.11 Å². The van der Waals surface area contributed by atoms with Crippen LogP contribution in [0, 0.1) is 15.6 Å². The van der Waals surface area contributed by atoms with Crippen molar-refractivity contribution in [1.82, 2.24) is 10.2 Å². The van der Waals surface area contributed by atoms with Gasteiger partial charge in [-0.3, -0.25) is 10.1 Å². The molecular weight excluding hydrogens is 286 g/mol. The summed E-state index contributed by atoms with van der Waals surface area (Å²) in [6, 6.07) is 5.43. The molecule has 2 aromatic rings. The van der Waals surface area contributed by atoms with Crippen LogP contribution in [0.4, 0.5) is 5.69 Å². The minimum Gasteiger partial charge on any atom is -0.508 e. The molecule has 2 rings (SSSR count). The van der Waals surface area contributed by atoms with Crippen LogP contribution >= 0.6 is 11.6 Å². The van der Waals surface area contributed by atoms with Gasteiger partial charge in [-0.25, -0.2) is 5.53 Å². The lowest BCUT2D eigenvalue weighted by Crippen LogP contribution is -2.03. The fraction of sp³-hybridized carbons (Fsp3) is 0.0909. The first kappa shape index (κ1) is 13.8. The van der Waals surface area contributed by atoms with E-state index in [0.717, 1.165) is 12.1 Å². The highest BCUT2D eigenvalue weighted by Gasteiger charge is 2.22. The van der Waals surface area contributed by atoms with Crippen LogP contribution in [0.25, 0.3) is 0 Å². The maximum absolute atomic E-state index is 10.8. The molecule has 1 heterocycles. The van der Waals surface area contributed by atoms with Gasteiger partial charge in [0.15, 0.2) is 5.15 Å². The number of aromatic hydroxyl groups is 1. The third-order valence-corrected chi connectivity index (χ3v) is 2.78. The highest BCUT2D eigenvalue weighted by atomic mass is 35.5. The summed E-state index contributed by atoms with van der Waals surface area (Å²) in [7, 11) is 0. The summed E-state index contributed by atoms with van der Waals surface area (Å²) >= 11 is 5.61. The van der Waals surface area contributed by atoms with Crippen LogP contribution in [0.5, 0.6) is 5.75 Å². The molecule has 0 aliphatic rings. The van der Waals surface area contributed by atoms with E-state index in [1.54, 1.807) is 0 Å². The Balaban J connectivity index is 2.51. The maximum atomic E-state index is 10.8. The van der Waals surface area contributed by atoms with Gasteiger partial charge in [0.05, 0.1) is 10.6 Å². The number of non-ortho nitro benzene ring substituents is 1. The molecule has 1 aromatic heterocycles. The van der Waals surface area contributed by atoms with Gasteiger partial charge in [0.25, 0.3) is 5.69 Å². The van der Waals surface area contributed by atoms with Crippen LogP contribution in [0.1, 0.15) is 17.3 Å². The predicted molar refractivity (Wildman–Crippen MR) is 68.8 cm³/mol. The van der Waals surface area contributed by atoms with E-state index < -0.39 is 11.0 Å². The first-order chi connectivity index (χ1) is 9.52. The molecule has 20 heavy (non-hydrogen) atoms. The van der Waals surface area contributed by atoms with E-state index in [2.05, 4.69) is 15.3 Å². The standard InChI is InChI=1S/C11H8ClN5O3/c12-10-4-2-8(15-16-10)11(14-13)7-5-6(17(19)20)1-3-9(7)18/h1-5,11,13,18H. The highest BCUT2D eigenvalue weighted by Crippen LogP contribution is 2.33. The second kappa shape index (κ2) is 5.57. The molecule has 0 saturated carbocycles. The molecule has 0 amide bonds. The largest absolute Gasteiger partial charge is 0.508 e. The van der Waals surface area contributed by atoms with Gasteiger partial charge in [0, 0.05) is 17.7 Å².